The number of hydrogen-bond donors (Lipinski definition) is 1. The van der Waals surface area contributed by atoms with E-state index in [1.54, 1.807) is 24.3 Å². The topological polar surface area (TPSA) is 71.2 Å². The smallest absolute Gasteiger partial charge is 0.257 e. The second-order valence-electron chi connectivity index (χ2n) is 10.2. The highest BCUT2D eigenvalue weighted by Gasteiger charge is 2.27. The van der Waals surface area contributed by atoms with Crippen molar-refractivity contribution in [1.82, 2.24) is 15.0 Å². The highest BCUT2D eigenvalue weighted by atomic mass is 19.1. The molecule has 7 nitrogen and oxygen atoms in total. The van der Waals surface area contributed by atoms with Crippen molar-refractivity contribution in [1.29, 1.82) is 0 Å². The number of halogens is 1. The van der Waals surface area contributed by atoms with Crippen LogP contribution in [0.15, 0.2) is 83.4 Å². The van der Waals surface area contributed by atoms with Gasteiger partial charge in [-0.2, -0.15) is 0 Å². The van der Waals surface area contributed by atoms with Gasteiger partial charge in [-0.1, -0.05) is 72.8 Å². The molecule has 0 radical (unpaired) electrons. The van der Waals surface area contributed by atoms with Crippen molar-refractivity contribution >= 4 is 12.2 Å². The van der Waals surface area contributed by atoms with Crippen molar-refractivity contribution in [3.05, 3.63) is 113 Å². The molecule has 1 aromatic heterocycles. The van der Waals surface area contributed by atoms with E-state index in [2.05, 4.69) is 63.5 Å². The van der Waals surface area contributed by atoms with Crippen LogP contribution in [0.1, 0.15) is 34.1 Å². The molecular weight excluding hydrogens is 521 g/mol. The second-order valence-corrected chi connectivity index (χ2v) is 10.2. The lowest BCUT2D eigenvalue weighted by atomic mass is 9.96. The summed E-state index contributed by atoms with van der Waals surface area (Å²) >= 11 is 0. The Hall–Kier alpha value is -3.98. The molecule has 0 bridgehead atoms. The van der Waals surface area contributed by atoms with Crippen molar-refractivity contribution in [2.75, 3.05) is 46.4 Å². The molecule has 0 spiro atoms. The maximum atomic E-state index is 14.7. The fourth-order valence-electron chi connectivity index (χ4n) is 5.27. The van der Waals surface area contributed by atoms with Crippen LogP contribution in [0.2, 0.25) is 0 Å². The summed E-state index contributed by atoms with van der Waals surface area (Å²) in [7, 11) is 1.52. The predicted molar refractivity (Wildman–Crippen MR) is 157 cm³/mol. The summed E-state index contributed by atoms with van der Waals surface area (Å²) in [6, 6.07) is 26.0. The number of aliphatic hydroxyl groups excluding tert-OH is 1. The van der Waals surface area contributed by atoms with Crippen LogP contribution in [-0.4, -0.2) is 72.6 Å². The number of nitrogens with zero attached hydrogens (tertiary/aromatic N) is 3. The summed E-state index contributed by atoms with van der Waals surface area (Å²) in [4.78, 5) is 4.73. The first-order valence-corrected chi connectivity index (χ1v) is 13.9. The molecule has 1 unspecified atom stereocenters. The Morgan fingerprint density at radius 1 is 0.927 bits per heavy atom. The number of benzene rings is 3. The Bertz CT molecular complexity index is 1380. The zero-order chi connectivity index (χ0) is 28.6. The Balaban J connectivity index is 1.17. The number of ether oxygens (including phenoxy) is 2. The average Bonchev–Trinajstić information content (AvgIpc) is 3.36. The molecule has 41 heavy (non-hydrogen) atoms. The van der Waals surface area contributed by atoms with Gasteiger partial charge in [-0.05, 0) is 41.4 Å². The van der Waals surface area contributed by atoms with E-state index in [1.165, 1.54) is 24.3 Å². The number of aliphatic hydroxyl groups is 1. The summed E-state index contributed by atoms with van der Waals surface area (Å²) < 4.78 is 31.0. The zero-order valence-corrected chi connectivity index (χ0v) is 23.4. The lowest BCUT2D eigenvalue weighted by molar-refractivity contribution is 0.0393. The molecule has 8 heteroatoms. The molecule has 214 valence electrons. The molecule has 3 aromatic carbocycles. The minimum atomic E-state index is -0.766. The molecule has 1 saturated heterocycles. The Kier molecular flexibility index (Phi) is 9.46. The second kappa shape index (κ2) is 13.6. The lowest BCUT2D eigenvalue weighted by Crippen LogP contribution is -2.50. The fraction of sp³-hybridized carbons (Fsp3) is 0.303. The Labute approximate surface area is 240 Å². The van der Waals surface area contributed by atoms with Gasteiger partial charge < -0.3 is 19.1 Å². The van der Waals surface area contributed by atoms with E-state index in [-0.39, 0.29) is 18.4 Å². The van der Waals surface area contributed by atoms with Gasteiger partial charge in [0.15, 0.2) is 17.3 Å². The van der Waals surface area contributed by atoms with E-state index in [0.717, 1.165) is 31.7 Å². The van der Waals surface area contributed by atoms with E-state index >= 15 is 0 Å². The van der Waals surface area contributed by atoms with Gasteiger partial charge in [0.1, 0.15) is 12.7 Å². The first-order chi connectivity index (χ1) is 20.0. The highest BCUT2D eigenvalue weighted by Crippen LogP contribution is 2.30. The standard InChI is InChI=1S/C33H36FN3O4/c1-24-30(41-35-33(24)39-2)17-16-27-14-9-15-29(34)32(27)40-23-28(38)22-36-18-20-37(21-19-36)31(25-10-5-3-6-11-25)26-12-7-4-8-13-26/h3-17,28,31,38H,18-23H2,1-2H3. The summed E-state index contributed by atoms with van der Waals surface area (Å²) in [6.45, 7) is 5.64. The van der Waals surface area contributed by atoms with Gasteiger partial charge in [0.05, 0.1) is 18.7 Å². The quantitative estimate of drug-likeness (QED) is 0.263. The molecule has 5 rings (SSSR count). The number of rotatable bonds is 11. The normalized spacial score (nSPS) is 15.4. The van der Waals surface area contributed by atoms with Gasteiger partial charge in [-0.15, -0.1) is 0 Å². The summed E-state index contributed by atoms with van der Waals surface area (Å²) in [5.74, 6) is 0.510. The van der Waals surface area contributed by atoms with Gasteiger partial charge in [-0.25, -0.2) is 4.39 Å². The van der Waals surface area contributed by atoms with Gasteiger partial charge >= 0.3 is 0 Å². The van der Waals surface area contributed by atoms with E-state index in [0.29, 0.717) is 23.7 Å². The maximum Gasteiger partial charge on any atom is 0.257 e. The summed E-state index contributed by atoms with van der Waals surface area (Å²) in [5, 5.41) is 14.6. The van der Waals surface area contributed by atoms with Crippen LogP contribution in [-0.2, 0) is 0 Å². The molecule has 1 N–H and O–H groups in total. The third-order valence-electron chi connectivity index (χ3n) is 7.41. The number of para-hydroxylation sites is 1. The number of hydrogen-bond acceptors (Lipinski definition) is 7. The number of aromatic nitrogens is 1. The number of piperazine rings is 1. The molecule has 4 aromatic rings. The highest BCUT2D eigenvalue weighted by molar-refractivity contribution is 5.72. The minimum absolute atomic E-state index is 0.0200. The first kappa shape index (κ1) is 28.5. The van der Waals surface area contributed by atoms with Crippen LogP contribution in [0.5, 0.6) is 11.6 Å². The molecule has 1 aliphatic heterocycles. The van der Waals surface area contributed by atoms with Crippen molar-refractivity contribution in [2.24, 2.45) is 0 Å². The van der Waals surface area contributed by atoms with Gasteiger partial charge in [0.2, 0.25) is 0 Å². The SMILES string of the molecule is COc1noc(C=Cc2cccc(F)c2OCC(O)CN2CCN(C(c3ccccc3)c3ccccc3)CC2)c1C. The van der Waals surface area contributed by atoms with Crippen molar-refractivity contribution in [3.63, 3.8) is 0 Å². The van der Waals surface area contributed by atoms with Crippen LogP contribution in [0, 0.1) is 12.7 Å². The average molecular weight is 558 g/mol. The van der Waals surface area contributed by atoms with Crippen molar-refractivity contribution in [3.8, 4) is 11.6 Å². The Morgan fingerprint density at radius 3 is 2.20 bits per heavy atom. The lowest BCUT2D eigenvalue weighted by Gasteiger charge is -2.40. The van der Waals surface area contributed by atoms with Gasteiger partial charge in [0.25, 0.3) is 5.88 Å². The predicted octanol–water partition coefficient (Wildman–Crippen LogP) is 5.45. The van der Waals surface area contributed by atoms with Crippen LogP contribution in [0.4, 0.5) is 4.39 Å². The van der Waals surface area contributed by atoms with E-state index < -0.39 is 11.9 Å². The Morgan fingerprint density at radius 2 is 1.59 bits per heavy atom. The largest absolute Gasteiger partial charge is 0.487 e. The van der Waals surface area contributed by atoms with Crippen LogP contribution < -0.4 is 9.47 Å². The monoisotopic (exact) mass is 557 g/mol. The molecule has 1 aliphatic rings. The summed E-state index contributed by atoms with van der Waals surface area (Å²) in [5.41, 5.74) is 3.83. The molecule has 1 fully saturated rings. The summed E-state index contributed by atoms with van der Waals surface area (Å²) in [6.07, 6.45) is 2.63. The van der Waals surface area contributed by atoms with Gasteiger partial charge in [-0.3, -0.25) is 9.80 Å². The molecule has 0 saturated carbocycles. The van der Waals surface area contributed by atoms with Crippen LogP contribution >= 0.6 is 0 Å². The number of β-amino-alcohol motifs (C(OH)–C–C–N with tert-alkyl or cyclic N) is 1. The zero-order valence-electron chi connectivity index (χ0n) is 23.4. The fourth-order valence-corrected chi connectivity index (χ4v) is 5.27. The maximum absolute atomic E-state index is 14.7. The van der Waals surface area contributed by atoms with Crippen molar-refractivity contribution < 1.29 is 23.5 Å². The van der Waals surface area contributed by atoms with Crippen LogP contribution in [0.25, 0.3) is 12.2 Å². The van der Waals surface area contributed by atoms with Gasteiger partial charge in [0, 0.05) is 38.3 Å². The molecule has 1 atom stereocenters. The molecule has 2 heterocycles. The van der Waals surface area contributed by atoms with Crippen LogP contribution in [0.3, 0.4) is 0 Å². The van der Waals surface area contributed by atoms with E-state index in [1.807, 2.05) is 19.1 Å². The molecule has 0 aliphatic carbocycles. The third-order valence-corrected chi connectivity index (χ3v) is 7.41. The molecular formula is C33H36FN3O4. The number of methoxy groups -OCH3 is 1. The third kappa shape index (κ3) is 7.03. The van der Waals surface area contributed by atoms with E-state index in [4.69, 9.17) is 14.0 Å². The molecule has 0 amide bonds. The van der Waals surface area contributed by atoms with Crippen molar-refractivity contribution in [2.45, 2.75) is 19.1 Å². The first-order valence-electron chi connectivity index (χ1n) is 13.9. The van der Waals surface area contributed by atoms with E-state index in [9.17, 15) is 9.50 Å². The minimum Gasteiger partial charge on any atom is -0.487 e.